The summed E-state index contributed by atoms with van der Waals surface area (Å²) in [5, 5.41) is 0. The summed E-state index contributed by atoms with van der Waals surface area (Å²) in [5.41, 5.74) is 0. The average Bonchev–Trinajstić information content (AvgIpc) is 2.81. The van der Waals surface area contributed by atoms with Crippen molar-refractivity contribution in [2.24, 2.45) is 0 Å². The van der Waals surface area contributed by atoms with Gasteiger partial charge in [0.25, 0.3) is 0 Å². The molecule has 3 nitrogen and oxygen atoms in total. The largest absolute Gasteiger partial charge is 0.304 e. The molecule has 0 saturated carbocycles. The van der Waals surface area contributed by atoms with Crippen molar-refractivity contribution in [3.63, 3.8) is 0 Å². The molecule has 0 amide bonds. The van der Waals surface area contributed by atoms with Gasteiger partial charge in [0.1, 0.15) is 0 Å². The highest BCUT2D eigenvalue weighted by molar-refractivity contribution is 7.14. The van der Waals surface area contributed by atoms with Gasteiger partial charge < -0.3 is 4.90 Å². The van der Waals surface area contributed by atoms with E-state index in [2.05, 4.69) is 29.8 Å². The zero-order valence-electron chi connectivity index (χ0n) is 10.6. The van der Waals surface area contributed by atoms with Crippen LogP contribution < -0.4 is 0 Å². The van der Waals surface area contributed by atoms with Crippen molar-refractivity contribution >= 4 is 17.1 Å². The summed E-state index contributed by atoms with van der Waals surface area (Å²) in [4.78, 5) is 18.9. The van der Waals surface area contributed by atoms with Gasteiger partial charge in [-0.15, -0.1) is 11.3 Å². The van der Waals surface area contributed by atoms with Crippen LogP contribution in [0.4, 0.5) is 0 Å². The number of thiophene rings is 1. The van der Waals surface area contributed by atoms with Gasteiger partial charge in [-0.1, -0.05) is 6.92 Å². The molecule has 1 aliphatic rings. The minimum absolute atomic E-state index is 0.277. The molecular formula is C13H20N2OS. The predicted molar refractivity (Wildman–Crippen MR) is 72.0 cm³/mol. The van der Waals surface area contributed by atoms with Crippen LogP contribution in [0.3, 0.4) is 0 Å². The maximum atomic E-state index is 12.1. The summed E-state index contributed by atoms with van der Waals surface area (Å²) in [6.07, 6.45) is 1.02. The molecule has 1 fully saturated rings. The van der Waals surface area contributed by atoms with Crippen LogP contribution in [0.2, 0.25) is 0 Å². The number of carbonyl (C=O) groups is 1. The highest BCUT2D eigenvalue weighted by atomic mass is 32.1. The molecule has 2 heterocycles. The van der Waals surface area contributed by atoms with Gasteiger partial charge in [-0.05, 0) is 25.6 Å². The topological polar surface area (TPSA) is 23.6 Å². The predicted octanol–water partition coefficient (Wildman–Crippen LogP) is 1.74. The molecule has 0 unspecified atom stereocenters. The summed E-state index contributed by atoms with van der Waals surface area (Å²) in [5.74, 6) is 0.277. The van der Waals surface area contributed by atoms with E-state index in [4.69, 9.17) is 0 Å². The van der Waals surface area contributed by atoms with E-state index in [-0.39, 0.29) is 5.78 Å². The van der Waals surface area contributed by atoms with E-state index < -0.39 is 0 Å². The Morgan fingerprint density at radius 3 is 2.59 bits per heavy atom. The van der Waals surface area contributed by atoms with Gasteiger partial charge in [0, 0.05) is 31.1 Å². The second-order valence-corrected chi connectivity index (χ2v) is 5.79. The van der Waals surface area contributed by atoms with Crippen LogP contribution in [0.15, 0.2) is 12.1 Å². The van der Waals surface area contributed by atoms with Gasteiger partial charge in [-0.2, -0.15) is 0 Å². The van der Waals surface area contributed by atoms with Gasteiger partial charge in [-0.3, -0.25) is 9.69 Å². The maximum absolute atomic E-state index is 12.1. The minimum atomic E-state index is 0.277. The first kappa shape index (κ1) is 12.7. The molecule has 1 aromatic rings. The Balaban J connectivity index is 1.88. The summed E-state index contributed by atoms with van der Waals surface area (Å²) in [7, 11) is 2.13. The first-order valence-electron chi connectivity index (χ1n) is 6.22. The molecule has 94 valence electrons. The molecule has 0 aromatic carbocycles. The maximum Gasteiger partial charge on any atom is 0.186 e. The zero-order chi connectivity index (χ0) is 12.3. The van der Waals surface area contributed by atoms with Crippen LogP contribution in [0.1, 0.15) is 21.5 Å². The fraction of sp³-hybridized carbons (Fsp3) is 0.615. The van der Waals surface area contributed by atoms with Crippen molar-refractivity contribution in [1.29, 1.82) is 0 Å². The lowest BCUT2D eigenvalue weighted by atomic mass is 10.2. The number of aryl methyl sites for hydroxylation is 1. The summed E-state index contributed by atoms with van der Waals surface area (Å²) >= 11 is 1.64. The number of carbonyl (C=O) groups excluding carboxylic acids is 1. The second-order valence-electron chi connectivity index (χ2n) is 4.62. The van der Waals surface area contributed by atoms with E-state index in [0.29, 0.717) is 6.54 Å². The summed E-state index contributed by atoms with van der Waals surface area (Å²) in [6.45, 7) is 6.86. The van der Waals surface area contributed by atoms with Crippen molar-refractivity contribution in [3.05, 3.63) is 21.9 Å². The lowest BCUT2D eigenvalue weighted by Gasteiger charge is -2.31. The molecule has 0 bridgehead atoms. The fourth-order valence-electron chi connectivity index (χ4n) is 2.00. The van der Waals surface area contributed by atoms with Crippen LogP contribution in [-0.2, 0) is 6.42 Å². The van der Waals surface area contributed by atoms with Crippen molar-refractivity contribution in [1.82, 2.24) is 9.80 Å². The molecule has 1 aromatic heterocycles. The van der Waals surface area contributed by atoms with Gasteiger partial charge in [0.15, 0.2) is 5.78 Å². The number of hydrogen-bond acceptors (Lipinski definition) is 4. The van der Waals surface area contributed by atoms with Crippen LogP contribution in [0, 0.1) is 0 Å². The Morgan fingerprint density at radius 1 is 1.29 bits per heavy atom. The SMILES string of the molecule is CCc1ccc(C(=O)CN2CCN(C)CC2)s1. The third-order valence-corrected chi connectivity index (χ3v) is 4.52. The summed E-state index contributed by atoms with van der Waals surface area (Å²) < 4.78 is 0. The fourth-order valence-corrected chi connectivity index (χ4v) is 2.88. The first-order chi connectivity index (χ1) is 8.19. The molecule has 0 N–H and O–H groups in total. The number of ketones is 1. The van der Waals surface area contributed by atoms with Crippen LogP contribution in [0.5, 0.6) is 0 Å². The van der Waals surface area contributed by atoms with Crippen LogP contribution in [-0.4, -0.2) is 55.4 Å². The van der Waals surface area contributed by atoms with Crippen molar-refractivity contribution < 1.29 is 4.79 Å². The van der Waals surface area contributed by atoms with Crippen molar-refractivity contribution in [3.8, 4) is 0 Å². The van der Waals surface area contributed by atoms with E-state index >= 15 is 0 Å². The summed E-state index contributed by atoms with van der Waals surface area (Å²) in [6, 6.07) is 4.05. The Labute approximate surface area is 107 Å². The molecule has 1 aliphatic heterocycles. The van der Waals surface area contributed by atoms with Crippen LogP contribution in [0.25, 0.3) is 0 Å². The number of rotatable bonds is 4. The van der Waals surface area contributed by atoms with E-state index in [9.17, 15) is 4.79 Å². The van der Waals surface area contributed by atoms with E-state index in [0.717, 1.165) is 37.5 Å². The third kappa shape index (κ3) is 3.37. The molecular weight excluding hydrogens is 232 g/mol. The molecule has 0 atom stereocenters. The number of Topliss-reactive ketones (excluding diaryl/α,β-unsaturated/α-hetero) is 1. The van der Waals surface area contributed by atoms with Gasteiger partial charge in [0.2, 0.25) is 0 Å². The van der Waals surface area contributed by atoms with E-state index in [1.54, 1.807) is 11.3 Å². The smallest absolute Gasteiger partial charge is 0.186 e. The molecule has 0 aliphatic carbocycles. The highest BCUT2D eigenvalue weighted by Crippen LogP contribution is 2.18. The lowest BCUT2D eigenvalue weighted by molar-refractivity contribution is 0.0880. The number of likely N-dealkylation sites (N-methyl/N-ethyl adjacent to an activating group) is 1. The second kappa shape index (κ2) is 5.76. The average molecular weight is 252 g/mol. The number of piperazine rings is 1. The first-order valence-corrected chi connectivity index (χ1v) is 7.03. The molecule has 1 saturated heterocycles. The quantitative estimate of drug-likeness (QED) is 0.763. The Hall–Kier alpha value is -0.710. The van der Waals surface area contributed by atoms with Gasteiger partial charge >= 0.3 is 0 Å². The monoisotopic (exact) mass is 252 g/mol. The molecule has 17 heavy (non-hydrogen) atoms. The number of hydrogen-bond donors (Lipinski definition) is 0. The van der Waals surface area contributed by atoms with E-state index in [1.807, 2.05) is 6.07 Å². The normalized spacial score (nSPS) is 18.5. The zero-order valence-corrected chi connectivity index (χ0v) is 11.4. The van der Waals surface area contributed by atoms with Crippen LogP contribution >= 0.6 is 11.3 Å². The third-order valence-electron chi connectivity index (χ3n) is 3.25. The number of nitrogens with zero attached hydrogens (tertiary/aromatic N) is 2. The molecule has 2 rings (SSSR count). The van der Waals surface area contributed by atoms with Gasteiger partial charge in [0.05, 0.1) is 11.4 Å². The molecule has 4 heteroatoms. The van der Waals surface area contributed by atoms with E-state index in [1.165, 1.54) is 4.88 Å². The molecule has 0 spiro atoms. The van der Waals surface area contributed by atoms with Gasteiger partial charge in [-0.25, -0.2) is 0 Å². The molecule has 0 radical (unpaired) electrons. The Bertz CT molecular complexity index is 381. The Morgan fingerprint density at radius 2 is 2.00 bits per heavy atom. The Kier molecular flexibility index (Phi) is 4.31. The van der Waals surface area contributed by atoms with Crippen molar-refractivity contribution in [2.45, 2.75) is 13.3 Å². The standard InChI is InChI=1S/C13H20N2OS/c1-3-11-4-5-13(17-11)12(16)10-15-8-6-14(2)7-9-15/h4-5H,3,6-10H2,1-2H3. The van der Waals surface area contributed by atoms with Crippen molar-refractivity contribution in [2.75, 3.05) is 39.8 Å². The minimum Gasteiger partial charge on any atom is -0.304 e. The highest BCUT2D eigenvalue weighted by Gasteiger charge is 2.18. The lowest BCUT2D eigenvalue weighted by Crippen LogP contribution is -2.46.